The predicted octanol–water partition coefficient (Wildman–Crippen LogP) is 2.60. The Hall–Kier alpha value is -1.88. The number of ether oxygens (including phenoxy) is 2. The van der Waals surface area contributed by atoms with Crippen molar-refractivity contribution < 1.29 is 19.1 Å². The Morgan fingerprint density at radius 3 is 2.18 bits per heavy atom. The molecule has 5 nitrogen and oxygen atoms in total. The van der Waals surface area contributed by atoms with Crippen molar-refractivity contribution in [1.29, 1.82) is 0 Å². The van der Waals surface area contributed by atoms with Crippen molar-refractivity contribution in [2.24, 2.45) is 0 Å². The minimum absolute atomic E-state index is 0.0206. The number of esters is 2. The van der Waals surface area contributed by atoms with Crippen LogP contribution in [0.5, 0.6) is 5.75 Å². The number of nitrogens with zero attached hydrogens (tertiary/aromatic N) is 1. The summed E-state index contributed by atoms with van der Waals surface area (Å²) in [6, 6.07) is 7.40. The van der Waals surface area contributed by atoms with Crippen molar-refractivity contribution in [3.05, 3.63) is 29.8 Å². The summed E-state index contributed by atoms with van der Waals surface area (Å²) in [7, 11) is 3.80. The van der Waals surface area contributed by atoms with Crippen LogP contribution in [0, 0.1) is 0 Å². The molecule has 0 aliphatic rings. The van der Waals surface area contributed by atoms with Gasteiger partial charge < -0.3 is 14.4 Å². The zero-order valence-electron chi connectivity index (χ0n) is 13.8. The van der Waals surface area contributed by atoms with Crippen LogP contribution in [0.4, 0.5) is 0 Å². The minimum atomic E-state index is -0.429. The Kier molecular flexibility index (Phi) is 7.60. The standard InChI is InChI=1S/C17H25NO4/c1-13(2)14-5-7-15(8-6-14)22-17(20)10-9-16(19)21-12-11-18(3)4/h5-8,13H,9-12H2,1-4H3. The lowest BCUT2D eigenvalue weighted by Gasteiger charge is -2.10. The molecule has 0 saturated heterocycles. The Balaban J connectivity index is 2.29. The van der Waals surface area contributed by atoms with E-state index in [0.717, 1.165) is 0 Å². The lowest BCUT2D eigenvalue weighted by molar-refractivity contribution is -0.147. The van der Waals surface area contributed by atoms with Crippen molar-refractivity contribution in [3.8, 4) is 5.75 Å². The van der Waals surface area contributed by atoms with Gasteiger partial charge in [-0.1, -0.05) is 26.0 Å². The fourth-order valence-corrected chi connectivity index (χ4v) is 1.72. The average molecular weight is 307 g/mol. The van der Waals surface area contributed by atoms with E-state index in [1.54, 1.807) is 12.1 Å². The Morgan fingerprint density at radius 2 is 1.64 bits per heavy atom. The van der Waals surface area contributed by atoms with Gasteiger partial charge in [-0.05, 0) is 37.7 Å². The molecule has 0 aliphatic carbocycles. The van der Waals surface area contributed by atoms with Crippen LogP contribution in [-0.2, 0) is 14.3 Å². The predicted molar refractivity (Wildman–Crippen MR) is 84.9 cm³/mol. The molecule has 0 saturated carbocycles. The quantitative estimate of drug-likeness (QED) is 0.546. The second kappa shape index (κ2) is 9.20. The van der Waals surface area contributed by atoms with Crippen molar-refractivity contribution in [1.82, 2.24) is 4.90 Å². The number of rotatable bonds is 8. The topological polar surface area (TPSA) is 55.8 Å². The minimum Gasteiger partial charge on any atom is -0.464 e. The molecule has 122 valence electrons. The number of benzene rings is 1. The first-order valence-corrected chi connectivity index (χ1v) is 7.49. The van der Waals surface area contributed by atoms with Crippen LogP contribution >= 0.6 is 0 Å². The van der Waals surface area contributed by atoms with Crippen molar-refractivity contribution in [3.63, 3.8) is 0 Å². The molecule has 0 heterocycles. The van der Waals surface area contributed by atoms with Gasteiger partial charge in [0.2, 0.25) is 0 Å². The molecule has 0 bridgehead atoms. The largest absolute Gasteiger partial charge is 0.464 e. The van der Waals surface area contributed by atoms with Crippen LogP contribution < -0.4 is 4.74 Å². The van der Waals surface area contributed by atoms with Gasteiger partial charge in [-0.3, -0.25) is 9.59 Å². The molecule has 0 fully saturated rings. The van der Waals surface area contributed by atoms with Gasteiger partial charge in [0, 0.05) is 6.54 Å². The van der Waals surface area contributed by atoms with Crippen LogP contribution in [-0.4, -0.2) is 44.1 Å². The molecule has 0 amide bonds. The zero-order valence-corrected chi connectivity index (χ0v) is 13.8. The summed E-state index contributed by atoms with van der Waals surface area (Å²) in [4.78, 5) is 25.1. The van der Waals surface area contributed by atoms with E-state index in [-0.39, 0.29) is 18.8 Å². The van der Waals surface area contributed by atoms with E-state index in [2.05, 4.69) is 13.8 Å². The first-order valence-electron chi connectivity index (χ1n) is 7.49. The molecule has 0 spiro atoms. The van der Waals surface area contributed by atoms with Gasteiger partial charge in [0.25, 0.3) is 0 Å². The normalized spacial score (nSPS) is 10.8. The lowest BCUT2D eigenvalue weighted by atomic mass is 10.0. The van der Waals surface area contributed by atoms with E-state index in [0.29, 0.717) is 24.8 Å². The fraction of sp³-hybridized carbons (Fsp3) is 0.529. The second-order valence-electron chi connectivity index (χ2n) is 5.72. The lowest BCUT2D eigenvalue weighted by Crippen LogP contribution is -2.20. The zero-order chi connectivity index (χ0) is 16.5. The maximum atomic E-state index is 11.7. The highest BCUT2D eigenvalue weighted by atomic mass is 16.5. The van der Waals surface area contributed by atoms with Crippen molar-refractivity contribution in [2.45, 2.75) is 32.6 Å². The van der Waals surface area contributed by atoms with Crippen LogP contribution in [0.2, 0.25) is 0 Å². The highest BCUT2D eigenvalue weighted by Gasteiger charge is 2.10. The summed E-state index contributed by atoms with van der Waals surface area (Å²) in [6.45, 7) is 5.20. The van der Waals surface area contributed by atoms with E-state index in [1.807, 2.05) is 31.1 Å². The summed E-state index contributed by atoms with van der Waals surface area (Å²) in [5, 5.41) is 0. The van der Waals surface area contributed by atoms with Gasteiger partial charge in [-0.25, -0.2) is 0 Å². The molecular weight excluding hydrogens is 282 g/mol. The number of likely N-dealkylation sites (N-methyl/N-ethyl adjacent to an activating group) is 1. The van der Waals surface area contributed by atoms with Crippen LogP contribution in [0.15, 0.2) is 24.3 Å². The monoisotopic (exact) mass is 307 g/mol. The Labute approximate surface area is 132 Å². The summed E-state index contributed by atoms with van der Waals surface area (Å²) < 4.78 is 10.2. The van der Waals surface area contributed by atoms with Crippen LogP contribution in [0.1, 0.15) is 38.2 Å². The smallest absolute Gasteiger partial charge is 0.311 e. The molecule has 1 aromatic rings. The van der Waals surface area contributed by atoms with Gasteiger partial charge in [-0.15, -0.1) is 0 Å². The van der Waals surface area contributed by atoms with E-state index in [1.165, 1.54) is 5.56 Å². The van der Waals surface area contributed by atoms with Crippen LogP contribution in [0.3, 0.4) is 0 Å². The summed E-state index contributed by atoms with van der Waals surface area (Å²) >= 11 is 0. The van der Waals surface area contributed by atoms with E-state index in [4.69, 9.17) is 9.47 Å². The second-order valence-corrected chi connectivity index (χ2v) is 5.72. The number of hydrogen-bond donors (Lipinski definition) is 0. The number of carbonyl (C=O) groups excluding carboxylic acids is 2. The maximum absolute atomic E-state index is 11.7. The third kappa shape index (κ3) is 7.22. The van der Waals surface area contributed by atoms with Gasteiger partial charge in [0.1, 0.15) is 12.4 Å². The number of hydrogen-bond acceptors (Lipinski definition) is 5. The van der Waals surface area contributed by atoms with Crippen molar-refractivity contribution in [2.75, 3.05) is 27.2 Å². The molecule has 1 rings (SSSR count). The summed E-state index contributed by atoms with van der Waals surface area (Å²) in [5.74, 6) is 0.118. The van der Waals surface area contributed by atoms with E-state index >= 15 is 0 Å². The third-order valence-electron chi connectivity index (χ3n) is 3.11. The Bertz CT molecular complexity index is 480. The molecule has 5 heteroatoms. The van der Waals surface area contributed by atoms with E-state index in [9.17, 15) is 9.59 Å². The average Bonchev–Trinajstić information content (AvgIpc) is 2.45. The summed E-state index contributed by atoms with van der Waals surface area (Å²) in [5.41, 5.74) is 1.18. The maximum Gasteiger partial charge on any atom is 0.311 e. The van der Waals surface area contributed by atoms with Gasteiger partial charge in [0.05, 0.1) is 12.8 Å². The highest BCUT2D eigenvalue weighted by molar-refractivity contribution is 5.79. The van der Waals surface area contributed by atoms with Crippen molar-refractivity contribution >= 4 is 11.9 Å². The van der Waals surface area contributed by atoms with Gasteiger partial charge in [-0.2, -0.15) is 0 Å². The first-order chi connectivity index (χ1) is 10.4. The molecule has 0 radical (unpaired) electrons. The molecule has 0 aliphatic heterocycles. The molecule has 22 heavy (non-hydrogen) atoms. The molecule has 0 aromatic heterocycles. The molecule has 0 atom stereocenters. The fourth-order valence-electron chi connectivity index (χ4n) is 1.72. The van der Waals surface area contributed by atoms with E-state index < -0.39 is 5.97 Å². The summed E-state index contributed by atoms with van der Waals surface area (Å²) in [6.07, 6.45) is 0.0586. The molecule has 0 N–H and O–H groups in total. The molecule has 0 unspecified atom stereocenters. The van der Waals surface area contributed by atoms with Gasteiger partial charge >= 0.3 is 11.9 Å². The highest BCUT2D eigenvalue weighted by Crippen LogP contribution is 2.19. The van der Waals surface area contributed by atoms with Gasteiger partial charge in [0.15, 0.2) is 0 Å². The first kappa shape index (κ1) is 18.2. The Morgan fingerprint density at radius 1 is 1.05 bits per heavy atom. The number of carbonyl (C=O) groups is 2. The molecule has 1 aromatic carbocycles. The molecular formula is C17H25NO4. The third-order valence-corrected chi connectivity index (χ3v) is 3.11. The van der Waals surface area contributed by atoms with Crippen LogP contribution in [0.25, 0.3) is 0 Å². The SMILES string of the molecule is CC(C)c1ccc(OC(=O)CCC(=O)OCCN(C)C)cc1.